The summed E-state index contributed by atoms with van der Waals surface area (Å²) in [5.41, 5.74) is 9.27. The number of hydrogen-bond donors (Lipinski definition) is 3. The molecule has 1 aromatic heterocycles. The molecule has 4 aromatic rings. The highest BCUT2D eigenvalue weighted by atomic mass is 35.5. The van der Waals surface area contributed by atoms with Gasteiger partial charge < -0.3 is 20.7 Å². The number of likely N-dealkylation sites (N-methyl/N-ethyl adjacent to an activating group) is 1. The number of nitrogens with one attached hydrogen (secondary N) is 1. The van der Waals surface area contributed by atoms with E-state index in [1.54, 1.807) is 45.3 Å². The summed E-state index contributed by atoms with van der Waals surface area (Å²) in [5, 5.41) is 12.1. The summed E-state index contributed by atoms with van der Waals surface area (Å²) >= 11 is 6.13. The van der Waals surface area contributed by atoms with E-state index < -0.39 is 5.54 Å². The molecule has 0 bridgehead atoms. The molecule has 0 fully saturated rings. The van der Waals surface area contributed by atoms with Gasteiger partial charge in [-0.25, -0.2) is 4.99 Å². The van der Waals surface area contributed by atoms with Crippen LogP contribution < -0.4 is 5.73 Å². The number of aromatic hydroxyl groups is 1. The number of H-pyrrole nitrogens is 1. The van der Waals surface area contributed by atoms with Crippen molar-refractivity contribution >= 4 is 39.8 Å². The number of nitrogens with zero attached hydrogens (tertiary/aromatic N) is 2. The normalized spacial score (nSPS) is 13.7. The van der Waals surface area contributed by atoms with E-state index in [4.69, 9.17) is 22.3 Å². The van der Waals surface area contributed by atoms with Crippen molar-refractivity contribution in [2.45, 2.75) is 12.5 Å². The number of benzene rings is 3. The van der Waals surface area contributed by atoms with E-state index in [9.17, 15) is 9.90 Å². The summed E-state index contributed by atoms with van der Waals surface area (Å²) in [6.45, 7) is 1.69. The zero-order valence-electron chi connectivity index (χ0n) is 18.6. The third-order valence-corrected chi connectivity index (χ3v) is 5.82. The van der Waals surface area contributed by atoms with Crippen molar-refractivity contribution < 1.29 is 9.90 Å². The maximum atomic E-state index is 12.5. The smallest absolute Gasteiger partial charge is 0.246 e. The van der Waals surface area contributed by atoms with E-state index in [1.807, 2.05) is 48.5 Å². The Morgan fingerprint density at radius 3 is 2.36 bits per heavy atom. The van der Waals surface area contributed by atoms with Crippen molar-refractivity contribution in [2.24, 2.45) is 10.7 Å². The monoisotopic (exact) mass is 460 g/mol. The van der Waals surface area contributed by atoms with Gasteiger partial charge in [-0.15, -0.1) is 0 Å². The van der Waals surface area contributed by atoms with Gasteiger partial charge in [0.05, 0.1) is 22.5 Å². The molecule has 168 valence electrons. The lowest BCUT2D eigenvalue weighted by molar-refractivity contribution is -0.134. The molecule has 0 radical (unpaired) electrons. The highest BCUT2D eigenvalue weighted by molar-refractivity contribution is 6.31. The van der Waals surface area contributed by atoms with Crippen LogP contribution in [0, 0.1) is 0 Å². The van der Waals surface area contributed by atoms with Crippen molar-refractivity contribution in [1.82, 2.24) is 9.88 Å². The summed E-state index contributed by atoms with van der Waals surface area (Å²) in [5.74, 6) is -0.177. The van der Waals surface area contributed by atoms with Gasteiger partial charge >= 0.3 is 0 Å². The fourth-order valence-electron chi connectivity index (χ4n) is 3.86. The Balaban J connectivity index is 1.83. The van der Waals surface area contributed by atoms with Crippen LogP contribution in [-0.4, -0.2) is 40.7 Å². The molecular formula is C26H25ClN4O2. The molecule has 3 aromatic carbocycles. The third kappa shape index (κ3) is 4.35. The molecule has 6 nitrogen and oxygen atoms in total. The summed E-state index contributed by atoms with van der Waals surface area (Å²) in [6.07, 6.45) is 0. The van der Waals surface area contributed by atoms with Crippen molar-refractivity contribution in [3.63, 3.8) is 0 Å². The number of aliphatic imine (C=N–C) groups is 1. The van der Waals surface area contributed by atoms with E-state index in [2.05, 4.69) is 4.98 Å². The molecule has 4 rings (SSSR count). The number of carbonyl (C=O) groups excluding carboxylic acids is 1. The fraction of sp³-hybridized carbons (Fsp3) is 0.154. The highest BCUT2D eigenvalue weighted by Crippen LogP contribution is 2.33. The van der Waals surface area contributed by atoms with E-state index in [1.165, 1.54) is 4.90 Å². The maximum absolute atomic E-state index is 12.5. The van der Waals surface area contributed by atoms with Gasteiger partial charge in [0.25, 0.3) is 0 Å². The van der Waals surface area contributed by atoms with Gasteiger partial charge in [0.1, 0.15) is 5.54 Å². The van der Waals surface area contributed by atoms with E-state index >= 15 is 0 Å². The Morgan fingerprint density at radius 1 is 1.06 bits per heavy atom. The molecule has 1 amide bonds. The molecule has 7 heteroatoms. The quantitative estimate of drug-likeness (QED) is 0.367. The van der Waals surface area contributed by atoms with Crippen molar-refractivity contribution in [3.05, 3.63) is 94.5 Å². The standard InChI is InChI=1S/C26H25ClN4O2/c1-26(28,25(33)31(2)3)17-9-12-19(13-10-17)29-23(16-7-5-4-6-8-16)22-20-14-11-18(27)15-21(20)30-24(22)32/h4-15,30,32H,28H2,1-3H3. The second-order valence-electron chi connectivity index (χ2n) is 8.31. The molecule has 0 aliphatic rings. The lowest BCUT2D eigenvalue weighted by Gasteiger charge is -2.27. The summed E-state index contributed by atoms with van der Waals surface area (Å²) in [4.78, 5) is 21.8. The Kier molecular flexibility index (Phi) is 5.97. The van der Waals surface area contributed by atoms with Crippen LogP contribution in [0.15, 0.2) is 77.8 Å². The topological polar surface area (TPSA) is 94.7 Å². The third-order valence-electron chi connectivity index (χ3n) is 5.58. The Morgan fingerprint density at radius 2 is 1.73 bits per heavy atom. The first kappa shape index (κ1) is 22.6. The zero-order valence-corrected chi connectivity index (χ0v) is 19.4. The summed E-state index contributed by atoms with van der Waals surface area (Å²) in [7, 11) is 3.36. The molecule has 0 aliphatic heterocycles. The first-order valence-corrected chi connectivity index (χ1v) is 10.8. The molecule has 0 saturated carbocycles. The zero-order chi connectivity index (χ0) is 23.8. The number of rotatable bonds is 5. The van der Waals surface area contributed by atoms with Crippen LogP contribution in [0.2, 0.25) is 5.02 Å². The van der Waals surface area contributed by atoms with Crippen LogP contribution in [-0.2, 0) is 10.3 Å². The second-order valence-corrected chi connectivity index (χ2v) is 8.75. The Labute approximate surface area is 197 Å². The number of carbonyl (C=O) groups is 1. The van der Waals surface area contributed by atoms with Crippen LogP contribution in [0.25, 0.3) is 10.9 Å². The van der Waals surface area contributed by atoms with Gasteiger partial charge in [-0.05, 0) is 36.8 Å². The Hall–Kier alpha value is -3.61. The minimum absolute atomic E-state index is 0.0117. The number of hydrogen-bond acceptors (Lipinski definition) is 4. The predicted octanol–water partition coefficient (Wildman–Crippen LogP) is 4.96. The average molecular weight is 461 g/mol. The molecule has 33 heavy (non-hydrogen) atoms. The van der Waals surface area contributed by atoms with Gasteiger partial charge in [-0.1, -0.05) is 60.1 Å². The Bertz CT molecular complexity index is 1340. The minimum atomic E-state index is -1.15. The number of amides is 1. The number of fused-ring (bicyclic) bond motifs is 1. The molecular weight excluding hydrogens is 436 g/mol. The van der Waals surface area contributed by atoms with Gasteiger partial charge in [0, 0.05) is 30.1 Å². The molecule has 1 unspecified atom stereocenters. The van der Waals surface area contributed by atoms with Crippen molar-refractivity contribution in [3.8, 4) is 5.88 Å². The average Bonchev–Trinajstić information content (AvgIpc) is 3.12. The first-order chi connectivity index (χ1) is 15.7. The predicted molar refractivity (Wildman–Crippen MR) is 133 cm³/mol. The molecule has 0 saturated heterocycles. The first-order valence-electron chi connectivity index (χ1n) is 10.4. The lowest BCUT2D eigenvalue weighted by Crippen LogP contribution is -2.48. The van der Waals surface area contributed by atoms with Crippen molar-refractivity contribution in [2.75, 3.05) is 14.1 Å². The number of nitrogens with two attached hydrogens (primary N) is 1. The summed E-state index contributed by atoms with van der Waals surface area (Å²) in [6, 6.07) is 22.3. The molecule has 1 atom stereocenters. The van der Waals surface area contributed by atoms with Crippen LogP contribution in [0.5, 0.6) is 5.88 Å². The van der Waals surface area contributed by atoms with Gasteiger partial charge in [0.2, 0.25) is 5.91 Å². The maximum Gasteiger partial charge on any atom is 0.246 e. The number of aromatic nitrogens is 1. The van der Waals surface area contributed by atoms with E-state index in [0.717, 1.165) is 16.5 Å². The number of aromatic amines is 1. The molecule has 0 aliphatic carbocycles. The minimum Gasteiger partial charge on any atom is -0.494 e. The van der Waals surface area contributed by atoms with E-state index in [-0.39, 0.29) is 11.8 Å². The van der Waals surface area contributed by atoms with E-state index in [0.29, 0.717) is 27.5 Å². The van der Waals surface area contributed by atoms with Crippen molar-refractivity contribution in [1.29, 1.82) is 0 Å². The largest absolute Gasteiger partial charge is 0.494 e. The van der Waals surface area contributed by atoms with Gasteiger partial charge in [0.15, 0.2) is 5.88 Å². The SMILES string of the molecule is CN(C)C(=O)C(C)(N)c1ccc(N=C(c2ccccc2)c2c(O)[nH]c3cc(Cl)ccc23)cc1. The lowest BCUT2D eigenvalue weighted by atomic mass is 9.91. The second kappa shape index (κ2) is 8.73. The summed E-state index contributed by atoms with van der Waals surface area (Å²) < 4.78 is 0. The van der Waals surface area contributed by atoms with Gasteiger partial charge in [-0.2, -0.15) is 0 Å². The van der Waals surface area contributed by atoms with Gasteiger partial charge in [-0.3, -0.25) is 4.79 Å². The number of halogens is 1. The molecule has 0 spiro atoms. The molecule has 4 N–H and O–H groups in total. The van der Waals surface area contributed by atoms with Crippen LogP contribution >= 0.6 is 11.6 Å². The molecule has 1 heterocycles. The van der Waals surface area contributed by atoms with Crippen LogP contribution in [0.3, 0.4) is 0 Å². The van der Waals surface area contributed by atoms with Crippen LogP contribution in [0.4, 0.5) is 5.69 Å². The van der Waals surface area contributed by atoms with Crippen LogP contribution in [0.1, 0.15) is 23.6 Å². The highest BCUT2D eigenvalue weighted by Gasteiger charge is 2.31. The fourth-order valence-corrected chi connectivity index (χ4v) is 4.03.